The van der Waals surface area contributed by atoms with E-state index in [1.807, 2.05) is 0 Å². The molecule has 0 bridgehead atoms. The van der Waals surface area contributed by atoms with Crippen LogP contribution in [0.2, 0.25) is 0 Å². The second-order valence-electron chi connectivity index (χ2n) is 5.53. The van der Waals surface area contributed by atoms with Gasteiger partial charge in [-0.2, -0.15) is 0 Å². The normalized spacial score (nSPS) is 11.5. The molecule has 0 fully saturated rings. The van der Waals surface area contributed by atoms with Crippen LogP contribution in [0.5, 0.6) is 5.75 Å². The van der Waals surface area contributed by atoms with Crippen molar-refractivity contribution >= 4 is 15.9 Å². The van der Waals surface area contributed by atoms with Crippen LogP contribution in [0.25, 0.3) is 0 Å². The molecule has 0 spiro atoms. The van der Waals surface area contributed by atoms with Crippen molar-refractivity contribution in [3.63, 3.8) is 0 Å². The molecule has 1 rings (SSSR count). The minimum atomic E-state index is 0.571. The Morgan fingerprint density at radius 2 is 1.68 bits per heavy atom. The maximum absolute atomic E-state index is 5.65. The summed E-state index contributed by atoms with van der Waals surface area (Å²) in [6.07, 6.45) is 1.02. The van der Waals surface area contributed by atoms with Crippen LogP contribution < -0.4 is 4.74 Å². The molecule has 0 N–H and O–H groups in total. The molecule has 0 aliphatic rings. The molecule has 0 aliphatic heterocycles. The zero-order valence-electron chi connectivity index (χ0n) is 13.2. The molecular weight excluding hydrogens is 302 g/mol. The number of benzene rings is 1. The Kier molecular flexibility index (Phi) is 5.87. The molecule has 0 radical (unpaired) electrons. The van der Waals surface area contributed by atoms with Gasteiger partial charge in [-0.05, 0) is 70.3 Å². The van der Waals surface area contributed by atoms with Crippen LogP contribution in [0.1, 0.15) is 36.1 Å². The van der Waals surface area contributed by atoms with E-state index in [9.17, 15) is 0 Å². The first-order valence-corrected chi connectivity index (χ1v) is 7.62. The minimum Gasteiger partial charge on any atom is -0.496 e. The molecule has 0 heterocycles. The first-order valence-electron chi connectivity index (χ1n) is 6.83. The number of likely N-dealkylation sites (N-methyl/N-ethyl adjacent to an activating group) is 1. The molecule has 19 heavy (non-hydrogen) atoms. The zero-order chi connectivity index (χ0) is 14.7. The number of ether oxygens (including phenoxy) is 1. The fraction of sp³-hybridized carbons (Fsp3) is 0.625. The van der Waals surface area contributed by atoms with Crippen LogP contribution in [0, 0.1) is 20.8 Å². The average Bonchev–Trinajstić information content (AvgIpc) is 2.38. The van der Waals surface area contributed by atoms with Crippen molar-refractivity contribution in [2.45, 2.75) is 47.1 Å². The number of methoxy groups -OCH3 is 1. The van der Waals surface area contributed by atoms with Gasteiger partial charge >= 0.3 is 0 Å². The molecule has 0 unspecified atom stereocenters. The first kappa shape index (κ1) is 16.5. The molecule has 1 aromatic rings. The molecule has 0 amide bonds. The first-order chi connectivity index (χ1) is 8.81. The Bertz CT molecular complexity index is 455. The summed E-state index contributed by atoms with van der Waals surface area (Å²) in [6, 6.07) is 0.571. The number of nitrogens with zero attached hydrogens (tertiary/aromatic N) is 1. The average molecular weight is 328 g/mol. The maximum Gasteiger partial charge on any atom is 0.125 e. The van der Waals surface area contributed by atoms with Crippen LogP contribution in [0.3, 0.4) is 0 Å². The van der Waals surface area contributed by atoms with Gasteiger partial charge in [-0.15, -0.1) is 0 Å². The highest BCUT2D eigenvalue weighted by Gasteiger charge is 2.17. The monoisotopic (exact) mass is 327 g/mol. The smallest absolute Gasteiger partial charge is 0.125 e. The van der Waals surface area contributed by atoms with Crippen LogP contribution in [0.15, 0.2) is 4.47 Å². The van der Waals surface area contributed by atoms with Gasteiger partial charge in [-0.1, -0.05) is 15.9 Å². The standard InChI is InChI=1S/C16H26BrNO/c1-10(2)18(6)9-8-14-13(5)15(17)11(3)12(4)16(14)19-7/h10H,8-9H2,1-7H3. The fourth-order valence-electron chi connectivity index (χ4n) is 2.27. The topological polar surface area (TPSA) is 12.5 Å². The van der Waals surface area contributed by atoms with Crippen LogP contribution in [-0.4, -0.2) is 31.6 Å². The third-order valence-electron chi connectivity index (χ3n) is 4.09. The van der Waals surface area contributed by atoms with E-state index in [0.29, 0.717) is 6.04 Å². The highest BCUT2D eigenvalue weighted by Crippen LogP contribution is 2.36. The Hall–Kier alpha value is -0.540. The predicted octanol–water partition coefficient (Wildman–Crippen LogP) is 4.27. The van der Waals surface area contributed by atoms with Gasteiger partial charge in [-0.25, -0.2) is 0 Å². The van der Waals surface area contributed by atoms with Gasteiger partial charge in [-0.3, -0.25) is 0 Å². The summed E-state index contributed by atoms with van der Waals surface area (Å²) in [5.74, 6) is 1.05. The highest BCUT2D eigenvalue weighted by atomic mass is 79.9. The van der Waals surface area contributed by atoms with Gasteiger partial charge in [0.1, 0.15) is 5.75 Å². The molecule has 0 aromatic heterocycles. The molecule has 0 aliphatic carbocycles. The van der Waals surface area contributed by atoms with Crippen molar-refractivity contribution in [1.29, 1.82) is 0 Å². The van der Waals surface area contributed by atoms with Crippen LogP contribution in [-0.2, 0) is 6.42 Å². The van der Waals surface area contributed by atoms with Gasteiger partial charge in [0.2, 0.25) is 0 Å². The summed E-state index contributed by atoms with van der Waals surface area (Å²) in [4.78, 5) is 2.36. The van der Waals surface area contributed by atoms with Crippen molar-refractivity contribution in [3.8, 4) is 5.75 Å². The summed E-state index contributed by atoms with van der Waals surface area (Å²) in [5.41, 5.74) is 5.14. The number of rotatable bonds is 5. The number of hydrogen-bond acceptors (Lipinski definition) is 2. The molecule has 108 valence electrons. The third kappa shape index (κ3) is 3.51. The van der Waals surface area contributed by atoms with E-state index < -0.39 is 0 Å². The summed E-state index contributed by atoms with van der Waals surface area (Å²) < 4.78 is 6.86. The van der Waals surface area contributed by atoms with Crippen molar-refractivity contribution in [2.75, 3.05) is 20.7 Å². The van der Waals surface area contributed by atoms with Gasteiger partial charge in [0.25, 0.3) is 0 Å². The molecule has 1 aromatic carbocycles. The molecule has 0 saturated carbocycles. The van der Waals surface area contributed by atoms with Crippen molar-refractivity contribution in [1.82, 2.24) is 4.90 Å². The van der Waals surface area contributed by atoms with E-state index in [-0.39, 0.29) is 0 Å². The summed E-state index contributed by atoms with van der Waals surface area (Å²) >= 11 is 3.71. The fourth-order valence-corrected chi connectivity index (χ4v) is 2.81. The van der Waals surface area contributed by atoms with Gasteiger partial charge < -0.3 is 9.64 Å². The molecular formula is C16H26BrNO. The van der Waals surface area contributed by atoms with Crippen LogP contribution >= 0.6 is 15.9 Å². The van der Waals surface area contributed by atoms with E-state index >= 15 is 0 Å². The Morgan fingerprint density at radius 3 is 2.16 bits per heavy atom. The molecule has 0 atom stereocenters. The van der Waals surface area contributed by atoms with Crippen molar-refractivity contribution in [2.24, 2.45) is 0 Å². The number of hydrogen-bond donors (Lipinski definition) is 0. The van der Waals surface area contributed by atoms with Crippen molar-refractivity contribution < 1.29 is 4.74 Å². The summed E-state index contributed by atoms with van der Waals surface area (Å²) in [6.45, 7) is 11.9. The predicted molar refractivity (Wildman–Crippen MR) is 86.4 cm³/mol. The molecule has 2 nitrogen and oxygen atoms in total. The van der Waals surface area contributed by atoms with E-state index in [1.54, 1.807) is 7.11 Å². The van der Waals surface area contributed by atoms with E-state index in [2.05, 4.69) is 62.5 Å². The second kappa shape index (κ2) is 6.76. The number of halogens is 1. The zero-order valence-corrected chi connectivity index (χ0v) is 14.8. The lowest BCUT2D eigenvalue weighted by Crippen LogP contribution is -2.28. The maximum atomic E-state index is 5.65. The highest BCUT2D eigenvalue weighted by molar-refractivity contribution is 9.10. The van der Waals surface area contributed by atoms with E-state index in [0.717, 1.165) is 18.7 Å². The largest absolute Gasteiger partial charge is 0.496 e. The lowest BCUT2D eigenvalue weighted by molar-refractivity contribution is 0.276. The lowest BCUT2D eigenvalue weighted by atomic mass is 9.96. The van der Waals surface area contributed by atoms with E-state index in [4.69, 9.17) is 4.74 Å². The van der Waals surface area contributed by atoms with Gasteiger partial charge in [0.15, 0.2) is 0 Å². The Morgan fingerprint density at radius 1 is 1.11 bits per heavy atom. The van der Waals surface area contributed by atoms with E-state index in [1.165, 1.54) is 26.7 Å². The lowest BCUT2D eigenvalue weighted by Gasteiger charge is -2.24. The molecule has 3 heteroatoms. The van der Waals surface area contributed by atoms with Gasteiger partial charge in [0.05, 0.1) is 7.11 Å². The third-order valence-corrected chi connectivity index (χ3v) is 5.28. The SMILES string of the molecule is COc1c(C)c(C)c(Br)c(C)c1CCN(C)C(C)C. The Labute approximate surface area is 126 Å². The van der Waals surface area contributed by atoms with Gasteiger partial charge in [0, 0.05) is 17.1 Å². The summed E-state index contributed by atoms with van der Waals surface area (Å²) in [5, 5.41) is 0. The van der Waals surface area contributed by atoms with Crippen molar-refractivity contribution in [3.05, 3.63) is 26.7 Å². The Balaban J connectivity index is 3.12. The quantitative estimate of drug-likeness (QED) is 0.800. The minimum absolute atomic E-state index is 0.571. The second-order valence-corrected chi connectivity index (χ2v) is 6.32. The van der Waals surface area contributed by atoms with Crippen LogP contribution in [0.4, 0.5) is 0 Å². The molecule has 0 saturated heterocycles. The summed E-state index contributed by atoms with van der Waals surface area (Å²) in [7, 11) is 3.94.